The monoisotopic (exact) mass is 190 g/mol. The fourth-order valence-electron chi connectivity index (χ4n) is 1.99. The predicted octanol–water partition coefficient (Wildman–Crippen LogP) is 1.37. The number of pyridine rings is 1. The van der Waals surface area contributed by atoms with Gasteiger partial charge in [0.2, 0.25) is 5.91 Å². The molecule has 1 aromatic heterocycles. The second-order valence-electron chi connectivity index (χ2n) is 3.84. The third-order valence-electron chi connectivity index (χ3n) is 2.80. The number of carbonyl (C=O) groups is 1. The fraction of sp³-hybridized carbons (Fsp3) is 0.455. The second-order valence-corrected chi connectivity index (χ2v) is 3.84. The van der Waals surface area contributed by atoms with Gasteiger partial charge in [0.1, 0.15) is 0 Å². The maximum absolute atomic E-state index is 11.3. The molecule has 0 saturated carbocycles. The van der Waals surface area contributed by atoms with E-state index in [1.54, 1.807) is 6.92 Å². The van der Waals surface area contributed by atoms with E-state index in [0.29, 0.717) is 12.6 Å². The van der Waals surface area contributed by atoms with E-state index in [-0.39, 0.29) is 5.91 Å². The first-order valence-corrected chi connectivity index (χ1v) is 4.87. The lowest BCUT2D eigenvalue weighted by Gasteiger charge is -2.33. The van der Waals surface area contributed by atoms with Gasteiger partial charge in [0.25, 0.3) is 0 Å². The number of carbonyl (C=O) groups excluding carboxylic acids is 1. The van der Waals surface area contributed by atoms with Crippen molar-refractivity contribution in [2.75, 3.05) is 0 Å². The van der Waals surface area contributed by atoms with Gasteiger partial charge in [-0.2, -0.15) is 0 Å². The van der Waals surface area contributed by atoms with Crippen LogP contribution < -0.4 is 0 Å². The Morgan fingerprint density at radius 2 is 2.36 bits per heavy atom. The summed E-state index contributed by atoms with van der Waals surface area (Å²) in [5.41, 5.74) is 2.51. The van der Waals surface area contributed by atoms with Crippen LogP contribution in [0.5, 0.6) is 0 Å². The molecule has 14 heavy (non-hydrogen) atoms. The maximum Gasteiger partial charge on any atom is 0.219 e. The summed E-state index contributed by atoms with van der Waals surface area (Å²) in [6.07, 6.45) is 4.61. The van der Waals surface area contributed by atoms with Crippen molar-refractivity contribution in [3.05, 3.63) is 29.6 Å². The Bertz CT molecular complexity index is 362. The van der Waals surface area contributed by atoms with E-state index in [4.69, 9.17) is 0 Å². The lowest BCUT2D eigenvalue weighted by Crippen LogP contribution is -2.41. The van der Waals surface area contributed by atoms with Crippen LogP contribution in [0.3, 0.4) is 0 Å². The topological polar surface area (TPSA) is 33.2 Å². The molecule has 2 rings (SSSR count). The normalized spacial score (nSPS) is 20.4. The Labute approximate surface area is 83.8 Å². The minimum absolute atomic E-state index is 0.145. The largest absolute Gasteiger partial charge is 0.336 e. The Hall–Kier alpha value is -1.38. The zero-order valence-corrected chi connectivity index (χ0v) is 8.53. The second kappa shape index (κ2) is 3.40. The Balaban J connectivity index is 2.31. The van der Waals surface area contributed by atoms with E-state index >= 15 is 0 Å². The van der Waals surface area contributed by atoms with Gasteiger partial charge < -0.3 is 4.90 Å². The van der Waals surface area contributed by atoms with Crippen LogP contribution in [0.1, 0.15) is 25.0 Å². The lowest BCUT2D eigenvalue weighted by molar-refractivity contribution is -0.131. The molecule has 1 amide bonds. The third-order valence-corrected chi connectivity index (χ3v) is 2.80. The lowest BCUT2D eigenvalue weighted by atomic mass is 9.97. The number of rotatable bonds is 0. The van der Waals surface area contributed by atoms with Crippen LogP contribution in [0.2, 0.25) is 0 Å². The quantitative estimate of drug-likeness (QED) is 0.619. The van der Waals surface area contributed by atoms with Crippen molar-refractivity contribution in [2.45, 2.75) is 32.9 Å². The predicted molar refractivity (Wildman–Crippen MR) is 53.6 cm³/mol. The van der Waals surface area contributed by atoms with E-state index in [2.05, 4.69) is 11.9 Å². The van der Waals surface area contributed by atoms with Crippen molar-refractivity contribution in [2.24, 2.45) is 0 Å². The highest BCUT2D eigenvalue weighted by Gasteiger charge is 2.24. The van der Waals surface area contributed by atoms with Crippen LogP contribution in [0, 0.1) is 0 Å². The number of nitrogens with zero attached hydrogens (tertiary/aromatic N) is 2. The summed E-state index contributed by atoms with van der Waals surface area (Å²) in [5, 5.41) is 0. The molecule has 0 bridgehead atoms. The molecule has 0 spiro atoms. The summed E-state index contributed by atoms with van der Waals surface area (Å²) in [7, 11) is 0. The molecule has 1 atom stereocenters. The van der Waals surface area contributed by atoms with Crippen LogP contribution >= 0.6 is 0 Å². The summed E-state index contributed by atoms with van der Waals surface area (Å²) < 4.78 is 0. The van der Waals surface area contributed by atoms with E-state index in [9.17, 15) is 4.79 Å². The molecule has 1 aliphatic heterocycles. The molecule has 1 aliphatic rings. The number of fused-ring (bicyclic) bond motifs is 1. The standard InChI is InChI=1S/C11H14N2O/c1-8-5-10-3-4-12-6-11(10)7-13(8)9(2)14/h3-4,6,8H,5,7H2,1-2H3. The highest BCUT2D eigenvalue weighted by atomic mass is 16.2. The Kier molecular flexibility index (Phi) is 2.23. The van der Waals surface area contributed by atoms with Gasteiger partial charge in [-0.25, -0.2) is 0 Å². The van der Waals surface area contributed by atoms with Crippen LogP contribution in [-0.4, -0.2) is 21.8 Å². The molecule has 3 nitrogen and oxygen atoms in total. The zero-order valence-electron chi connectivity index (χ0n) is 8.53. The van der Waals surface area contributed by atoms with Crippen molar-refractivity contribution in [1.82, 2.24) is 9.88 Å². The molecule has 1 unspecified atom stereocenters. The van der Waals surface area contributed by atoms with Gasteiger partial charge in [-0.05, 0) is 30.5 Å². The van der Waals surface area contributed by atoms with E-state index in [1.807, 2.05) is 23.4 Å². The number of aromatic nitrogens is 1. The molecule has 74 valence electrons. The van der Waals surface area contributed by atoms with E-state index in [0.717, 1.165) is 6.42 Å². The summed E-state index contributed by atoms with van der Waals surface area (Å²) in [5.74, 6) is 0.145. The smallest absolute Gasteiger partial charge is 0.219 e. The van der Waals surface area contributed by atoms with Gasteiger partial charge in [0.15, 0.2) is 0 Å². The van der Waals surface area contributed by atoms with Gasteiger partial charge in [0.05, 0.1) is 0 Å². The molecule has 0 aromatic carbocycles. The van der Waals surface area contributed by atoms with Gasteiger partial charge >= 0.3 is 0 Å². The number of hydrogen-bond donors (Lipinski definition) is 0. The Morgan fingerprint density at radius 3 is 3.07 bits per heavy atom. The van der Waals surface area contributed by atoms with Crippen molar-refractivity contribution in [3.63, 3.8) is 0 Å². The first kappa shape index (κ1) is 9.19. The molecule has 0 aliphatic carbocycles. The minimum Gasteiger partial charge on any atom is -0.336 e. The highest BCUT2D eigenvalue weighted by Crippen LogP contribution is 2.21. The summed E-state index contributed by atoms with van der Waals surface area (Å²) in [6, 6.07) is 2.35. The number of amides is 1. The van der Waals surface area contributed by atoms with Crippen LogP contribution in [0.4, 0.5) is 0 Å². The average molecular weight is 190 g/mol. The molecule has 3 heteroatoms. The first-order valence-electron chi connectivity index (χ1n) is 4.87. The van der Waals surface area contributed by atoms with Crippen molar-refractivity contribution < 1.29 is 4.79 Å². The van der Waals surface area contributed by atoms with Crippen LogP contribution in [0.25, 0.3) is 0 Å². The molecule has 0 N–H and O–H groups in total. The molecular weight excluding hydrogens is 176 g/mol. The molecule has 1 aromatic rings. The van der Waals surface area contributed by atoms with Crippen molar-refractivity contribution in [1.29, 1.82) is 0 Å². The van der Waals surface area contributed by atoms with E-state index in [1.165, 1.54) is 11.1 Å². The van der Waals surface area contributed by atoms with Crippen molar-refractivity contribution in [3.8, 4) is 0 Å². The van der Waals surface area contributed by atoms with Gasteiger partial charge in [-0.3, -0.25) is 9.78 Å². The SMILES string of the molecule is CC(=O)N1Cc2cnccc2CC1C. The summed E-state index contributed by atoms with van der Waals surface area (Å²) in [4.78, 5) is 17.3. The van der Waals surface area contributed by atoms with Crippen molar-refractivity contribution >= 4 is 5.91 Å². The molecule has 0 fully saturated rings. The molecular formula is C11H14N2O. The fourth-order valence-corrected chi connectivity index (χ4v) is 1.99. The molecule has 2 heterocycles. The van der Waals surface area contributed by atoms with E-state index < -0.39 is 0 Å². The minimum atomic E-state index is 0.145. The summed E-state index contributed by atoms with van der Waals surface area (Å²) in [6.45, 7) is 4.42. The highest BCUT2D eigenvalue weighted by molar-refractivity contribution is 5.74. The Morgan fingerprint density at radius 1 is 1.57 bits per heavy atom. The molecule has 0 radical (unpaired) electrons. The van der Waals surface area contributed by atoms with Gasteiger partial charge in [0, 0.05) is 31.9 Å². The summed E-state index contributed by atoms with van der Waals surface area (Å²) >= 11 is 0. The van der Waals surface area contributed by atoms with Crippen LogP contribution in [-0.2, 0) is 17.8 Å². The molecule has 0 saturated heterocycles. The maximum atomic E-state index is 11.3. The average Bonchev–Trinajstić information content (AvgIpc) is 2.16. The van der Waals surface area contributed by atoms with Gasteiger partial charge in [-0.1, -0.05) is 0 Å². The zero-order chi connectivity index (χ0) is 10.1. The van der Waals surface area contributed by atoms with Gasteiger partial charge in [-0.15, -0.1) is 0 Å². The number of hydrogen-bond acceptors (Lipinski definition) is 2. The first-order chi connectivity index (χ1) is 6.68. The third kappa shape index (κ3) is 1.50. The van der Waals surface area contributed by atoms with Crippen LogP contribution in [0.15, 0.2) is 18.5 Å².